The van der Waals surface area contributed by atoms with Crippen LogP contribution in [0.1, 0.15) is 0 Å². The largest absolute Gasteiger partial charge is 0.455 e. The van der Waals surface area contributed by atoms with Gasteiger partial charge >= 0.3 is 0 Å². The molecule has 0 radical (unpaired) electrons. The summed E-state index contributed by atoms with van der Waals surface area (Å²) in [5, 5.41) is 5.39. The first kappa shape index (κ1) is 26.7. The normalized spacial score (nSPS) is 11.8. The number of para-hydroxylation sites is 3. The third kappa shape index (κ3) is 4.03. The molecule has 3 aromatic heterocycles. The number of hydrogen-bond acceptors (Lipinski definition) is 3. The fourth-order valence-corrected chi connectivity index (χ4v) is 7.23. The zero-order valence-corrected chi connectivity index (χ0v) is 25.8. The van der Waals surface area contributed by atoms with E-state index in [1.165, 1.54) is 11.1 Å². The summed E-state index contributed by atoms with van der Waals surface area (Å²) in [5.41, 5.74) is 11.1. The molecule has 7 aromatic carbocycles. The minimum Gasteiger partial charge on any atom is -0.455 e. The number of benzene rings is 7. The Morgan fingerprint density at radius 2 is 1.10 bits per heavy atom. The number of hydrogen-bond donors (Lipinski definition) is 0. The fraction of sp³-hybridized carbons (Fsp3) is 0. The van der Waals surface area contributed by atoms with Gasteiger partial charge in [0.2, 0.25) is 0 Å². The monoisotopic (exact) mass is 613 g/mol. The van der Waals surface area contributed by atoms with Crippen molar-refractivity contribution in [2.24, 2.45) is 0 Å². The average molecular weight is 614 g/mol. The molecular formula is C44H27N3O. The molecule has 0 aliphatic rings. The first-order valence-electron chi connectivity index (χ1n) is 16.2. The van der Waals surface area contributed by atoms with Gasteiger partial charge in [-0.15, -0.1) is 0 Å². The van der Waals surface area contributed by atoms with Gasteiger partial charge in [-0.25, -0.2) is 9.97 Å². The molecule has 0 saturated heterocycles. The van der Waals surface area contributed by atoms with Gasteiger partial charge in [0.15, 0.2) is 5.82 Å². The highest BCUT2D eigenvalue weighted by Crippen LogP contribution is 2.43. The summed E-state index contributed by atoms with van der Waals surface area (Å²) in [6, 6.07) is 57.1. The Balaban J connectivity index is 1.23. The van der Waals surface area contributed by atoms with Gasteiger partial charge in [-0.2, -0.15) is 0 Å². The summed E-state index contributed by atoms with van der Waals surface area (Å²) >= 11 is 0. The summed E-state index contributed by atoms with van der Waals surface area (Å²) < 4.78 is 9.32. The maximum atomic E-state index is 6.97. The van der Waals surface area contributed by atoms with Crippen LogP contribution in [0.25, 0.3) is 94.1 Å². The molecule has 48 heavy (non-hydrogen) atoms. The van der Waals surface area contributed by atoms with Gasteiger partial charge in [0.05, 0.1) is 33.2 Å². The highest BCUT2D eigenvalue weighted by molar-refractivity contribution is 6.24. The van der Waals surface area contributed by atoms with Crippen LogP contribution in [0.15, 0.2) is 168 Å². The topological polar surface area (TPSA) is 43.9 Å². The summed E-state index contributed by atoms with van der Waals surface area (Å²) in [5.74, 6) is 0.647. The van der Waals surface area contributed by atoms with Crippen LogP contribution in [0, 0.1) is 0 Å². The molecule has 0 fully saturated rings. The van der Waals surface area contributed by atoms with Crippen molar-refractivity contribution < 1.29 is 4.42 Å². The van der Waals surface area contributed by atoms with Crippen molar-refractivity contribution in [3.05, 3.63) is 164 Å². The third-order valence-electron chi connectivity index (χ3n) is 9.40. The van der Waals surface area contributed by atoms with Gasteiger partial charge < -0.3 is 8.98 Å². The maximum absolute atomic E-state index is 6.97. The fourth-order valence-electron chi connectivity index (χ4n) is 7.23. The van der Waals surface area contributed by atoms with Crippen LogP contribution >= 0.6 is 0 Å². The van der Waals surface area contributed by atoms with Crippen molar-refractivity contribution in [1.29, 1.82) is 0 Å². The van der Waals surface area contributed by atoms with Gasteiger partial charge in [-0.3, -0.25) is 0 Å². The van der Waals surface area contributed by atoms with Crippen molar-refractivity contribution in [3.8, 4) is 39.5 Å². The molecule has 0 N–H and O–H groups in total. The van der Waals surface area contributed by atoms with Crippen LogP contribution in [-0.2, 0) is 0 Å². The van der Waals surface area contributed by atoms with Crippen LogP contribution in [-0.4, -0.2) is 14.5 Å². The Labute approximate surface area is 276 Å². The molecule has 0 atom stereocenters. The summed E-state index contributed by atoms with van der Waals surface area (Å²) in [6.45, 7) is 0. The second kappa shape index (κ2) is 10.5. The predicted octanol–water partition coefficient (Wildman–Crippen LogP) is 11.6. The zero-order chi connectivity index (χ0) is 31.6. The number of furan rings is 1. The van der Waals surface area contributed by atoms with Crippen LogP contribution in [0.3, 0.4) is 0 Å². The Bertz CT molecular complexity index is 2830. The van der Waals surface area contributed by atoms with E-state index in [2.05, 4.69) is 138 Å². The molecule has 0 spiro atoms. The first-order valence-corrected chi connectivity index (χ1v) is 16.2. The smallest absolute Gasteiger partial charge is 0.164 e. The molecule has 0 aliphatic carbocycles. The van der Waals surface area contributed by atoms with E-state index >= 15 is 0 Å². The van der Waals surface area contributed by atoms with E-state index < -0.39 is 0 Å². The SMILES string of the molecule is c1ccc(-c2cccc(-n3c4ccccc4c4c5oc6c(-c7nc(-c8ccccc8)c8ccccc8n7)cccc6c5ccc43)c2)cc1. The quantitative estimate of drug-likeness (QED) is 0.198. The van der Waals surface area contributed by atoms with Gasteiger partial charge in [0.25, 0.3) is 0 Å². The molecule has 0 bridgehead atoms. The number of nitrogens with zero attached hydrogens (tertiary/aromatic N) is 3. The Morgan fingerprint density at radius 1 is 0.438 bits per heavy atom. The minimum atomic E-state index is 0.647. The predicted molar refractivity (Wildman–Crippen MR) is 197 cm³/mol. The standard InChI is InChI=1S/C44H27N3O/c1-3-13-28(14-4-1)30-17-11-18-31(27-30)47-38-24-10-8-20-35(38)40-39(47)26-25-33-32-21-12-22-36(42(32)48-43(33)40)44-45-37-23-9-7-19-34(37)41(46-44)29-15-5-2-6-16-29/h1-27H. The van der Waals surface area contributed by atoms with E-state index in [1.807, 2.05) is 30.3 Å². The van der Waals surface area contributed by atoms with Gasteiger partial charge in [0, 0.05) is 32.8 Å². The van der Waals surface area contributed by atoms with Gasteiger partial charge in [0.1, 0.15) is 11.2 Å². The molecule has 0 amide bonds. The lowest BCUT2D eigenvalue weighted by Crippen LogP contribution is -1.95. The lowest BCUT2D eigenvalue weighted by atomic mass is 10.0. The maximum Gasteiger partial charge on any atom is 0.164 e. The van der Waals surface area contributed by atoms with Crippen molar-refractivity contribution in [2.75, 3.05) is 0 Å². The van der Waals surface area contributed by atoms with Gasteiger partial charge in [-0.1, -0.05) is 121 Å². The molecule has 0 aliphatic heterocycles. The van der Waals surface area contributed by atoms with E-state index in [4.69, 9.17) is 14.4 Å². The van der Waals surface area contributed by atoms with Crippen LogP contribution in [0.5, 0.6) is 0 Å². The second-order valence-electron chi connectivity index (χ2n) is 12.2. The average Bonchev–Trinajstić information content (AvgIpc) is 3.71. The number of aromatic nitrogens is 3. The Morgan fingerprint density at radius 3 is 1.96 bits per heavy atom. The Kier molecular flexibility index (Phi) is 5.84. The van der Waals surface area contributed by atoms with E-state index in [0.717, 1.165) is 77.2 Å². The van der Waals surface area contributed by atoms with Crippen LogP contribution < -0.4 is 0 Å². The van der Waals surface area contributed by atoms with E-state index in [9.17, 15) is 0 Å². The lowest BCUT2D eigenvalue weighted by Gasteiger charge is -2.10. The van der Waals surface area contributed by atoms with E-state index in [0.29, 0.717) is 5.82 Å². The second-order valence-corrected chi connectivity index (χ2v) is 12.2. The van der Waals surface area contributed by atoms with Crippen molar-refractivity contribution in [2.45, 2.75) is 0 Å². The Hall–Kier alpha value is -6.52. The van der Waals surface area contributed by atoms with Crippen LogP contribution in [0.4, 0.5) is 0 Å². The molecule has 10 aromatic rings. The lowest BCUT2D eigenvalue weighted by molar-refractivity contribution is 0.673. The summed E-state index contributed by atoms with van der Waals surface area (Å²) in [6.07, 6.45) is 0. The highest BCUT2D eigenvalue weighted by atomic mass is 16.3. The molecular weight excluding hydrogens is 587 g/mol. The molecule has 224 valence electrons. The van der Waals surface area contributed by atoms with Crippen molar-refractivity contribution in [3.63, 3.8) is 0 Å². The molecule has 0 unspecified atom stereocenters. The molecule has 3 heterocycles. The van der Waals surface area contributed by atoms with E-state index in [-0.39, 0.29) is 0 Å². The number of rotatable bonds is 4. The zero-order valence-electron chi connectivity index (χ0n) is 25.8. The first-order chi connectivity index (χ1) is 23.8. The van der Waals surface area contributed by atoms with Crippen molar-refractivity contribution >= 4 is 54.6 Å². The molecule has 4 heteroatoms. The molecule has 10 rings (SSSR count). The summed E-state index contributed by atoms with van der Waals surface area (Å²) in [7, 11) is 0. The molecule has 4 nitrogen and oxygen atoms in total. The highest BCUT2D eigenvalue weighted by Gasteiger charge is 2.21. The van der Waals surface area contributed by atoms with Crippen molar-refractivity contribution in [1.82, 2.24) is 14.5 Å². The van der Waals surface area contributed by atoms with Gasteiger partial charge in [-0.05, 0) is 53.6 Å². The summed E-state index contributed by atoms with van der Waals surface area (Å²) in [4.78, 5) is 10.2. The van der Waals surface area contributed by atoms with E-state index in [1.54, 1.807) is 0 Å². The minimum absolute atomic E-state index is 0.647. The third-order valence-corrected chi connectivity index (χ3v) is 9.40. The molecule has 0 saturated carbocycles. The van der Waals surface area contributed by atoms with Crippen LogP contribution in [0.2, 0.25) is 0 Å². The number of fused-ring (bicyclic) bond motifs is 8.